The molecule has 3 aromatic rings. The smallest absolute Gasteiger partial charge is 0.253 e. The fourth-order valence-corrected chi connectivity index (χ4v) is 7.05. The zero-order valence-electron chi connectivity index (χ0n) is 26.7. The summed E-state index contributed by atoms with van der Waals surface area (Å²) in [5.74, 6) is 0.170. The Hall–Kier alpha value is -4.64. The Morgan fingerprint density at radius 3 is 2.20 bits per heavy atom. The van der Waals surface area contributed by atoms with Gasteiger partial charge in [0, 0.05) is 61.8 Å². The molecule has 4 heterocycles. The van der Waals surface area contributed by atoms with Crippen LogP contribution in [0.3, 0.4) is 0 Å². The number of primary amides is 1. The van der Waals surface area contributed by atoms with Crippen molar-refractivity contribution in [2.24, 2.45) is 5.73 Å². The molecule has 46 heavy (non-hydrogen) atoms. The van der Waals surface area contributed by atoms with E-state index in [4.69, 9.17) is 15.5 Å². The Morgan fingerprint density at radius 2 is 1.59 bits per heavy atom. The molecular formula is C35H43N7O4. The van der Waals surface area contributed by atoms with E-state index in [9.17, 15) is 14.4 Å². The number of benzene rings is 2. The number of methoxy groups -OCH3 is 1. The highest BCUT2D eigenvalue weighted by Gasteiger charge is 2.42. The number of hydrogen-bond donors (Lipinski definition) is 3. The lowest BCUT2D eigenvalue weighted by molar-refractivity contribution is 0.0922. The van der Waals surface area contributed by atoms with E-state index in [2.05, 4.69) is 56.6 Å². The quantitative estimate of drug-likeness (QED) is 0.330. The van der Waals surface area contributed by atoms with Crippen molar-refractivity contribution in [3.63, 3.8) is 0 Å². The Balaban J connectivity index is 1.03. The third kappa shape index (κ3) is 6.64. The first-order valence-electron chi connectivity index (χ1n) is 16.1. The molecule has 6 rings (SSSR count). The molecule has 1 aromatic heterocycles. The molecule has 0 saturated carbocycles. The van der Waals surface area contributed by atoms with E-state index in [0.29, 0.717) is 11.1 Å². The summed E-state index contributed by atoms with van der Waals surface area (Å²) in [5, 5.41) is 6.29. The number of fused-ring (bicyclic) bond motifs is 2. The minimum Gasteiger partial charge on any atom is -0.496 e. The lowest BCUT2D eigenvalue weighted by Gasteiger charge is -2.40. The Kier molecular flexibility index (Phi) is 9.12. The first-order valence-corrected chi connectivity index (χ1v) is 16.1. The van der Waals surface area contributed by atoms with Gasteiger partial charge in [0.2, 0.25) is 0 Å². The number of amides is 3. The predicted molar refractivity (Wildman–Crippen MR) is 178 cm³/mol. The number of carbonyl (C=O) groups excluding carboxylic acids is 3. The van der Waals surface area contributed by atoms with Gasteiger partial charge in [0.05, 0.1) is 24.3 Å². The van der Waals surface area contributed by atoms with Crippen molar-refractivity contribution >= 4 is 29.2 Å². The van der Waals surface area contributed by atoms with Gasteiger partial charge in [-0.3, -0.25) is 14.4 Å². The third-order valence-corrected chi connectivity index (χ3v) is 9.68. The molecule has 2 bridgehead atoms. The van der Waals surface area contributed by atoms with Gasteiger partial charge in [-0.05, 0) is 87.7 Å². The van der Waals surface area contributed by atoms with E-state index >= 15 is 0 Å². The lowest BCUT2D eigenvalue weighted by Crippen LogP contribution is -2.50. The van der Waals surface area contributed by atoms with Crippen molar-refractivity contribution in [3.05, 3.63) is 83.0 Å². The average molecular weight is 626 g/mol. The van der Waals surface area contributed by atoms with Crippen molar-refractivity contribution in [1.82, 2.24) is 20.5 Å². The Bertz CT molecular complexity index is 1560. The SMILES string of the molecule is COc1cc(C(=O)NC2CC3CCC(C2)N3c2ccc(C(=O)N[C@@H](C)c3ccc(N4CCN(C)CC4)cc3)cn2)ccc1C(N)=O. The third-order valence-electron chi connectivity index (χ3n) is 9.68. The molecule has 3 aliphatic heterocycles. The summed E-state index contributed by atoms with van der Waals surface area (Å²) >= 11 is 0. The highest BCUT2D eigenvalue weighted by atomic mass is 16.5. The molecule has 0 radical (unpaired) electrons. The maximum absolute atomic E-state index is 13.1. The molecule has 2 aromatic carbocycles. The predicted octanol–water partition coefficient (Wildman–Crippen LogP) is 3.36. The second-order valence-electron chi connectivity index (χ2n) is 12.7. The van der Waals surface area contributed by atoms with E-state index < -0.39 is 5.91 Å². The van der Waals surface area contributed by atoms with Crippen molar-refractivity contribution < 1.29 is 19.1 Å². The largest absolute Gasteiger partial charge is 0.496 e. The van der Waals surface area contributed by atoms with E-state index in [-0.39, 0.29) is 47.3 Å². The molecule has 0 spiro atoms. The summed E-state index contributed by atoms with van der Waals surface area (Å²) in [6, 6.07) is 17.3. The van der Waals surface area contributed by atoms with Gasteiger partial charge in [-0.2, -0.15) is 0 Å². The van der Waals surface area contributed by atoms with Crippen molar-refractivity contribution in [2.75, 3.05) is 50.1 Å². The lowest BCUT2D eigenvalue weighted by atomic mass is 9.96. The molecule has 3 atom stereocenters. The average Bonchev–Trinajstić information content (AvgIpc) is 3.34. The highest BCUT2D eigenvalue weighted by molar-refractivity contribution is 5.99. The standard InChI is InChI=1S/C35H43N7O4/c1-22(23-4-8-27(9-5-23)41-16-14-40(2)15-17-41)38-35(45)25-7-13-32(37-21-25)42-28-10-11-29(42)20-26(19-28)39-34(44)24-6-12-30(33(36)43)31(18-24)46-3/h4-9,12-13,18,21-22,26,28-29H,10-11,14-17,19-20H2,1-3H3,(H2,36,43)(H,38,45)(H,39,44)/t22-,26?,28?,29?/m0/s1. The number of aromatic nitrogens is 1. The molecule has 11 heteroatoms. The molecule has 11 nitrogen and oxygen atoms in total. The summed E-state index contributed by atoms with van der Waals surface area (Å²) in [6.07, 6.45) is 5.30. The normalized spacial score (nSPS) is 21.8. The van der Waals surface area contributed by atoms with E-state index in [1.165, 1.54) is 18.9 Å². The van der Waals surface area contributed by atoms with Crippen molar-refractivity contribution in [2.45, 2.75) is 56.8 Å². The van der Waals surface area contributed by atoms with Crippen LogP contribution < -0.4 is 30.9 Å². The number of likely N-dealkylation sites (N-methyl/N-ethyl adjacent to an activating group) is 1. The minimum atomic E-state index is -0.605. The van der Waals surface area contributed by atoms with Gasteiger partial charge < -0.3 is 35.8 Å². The number of rotatable bonds is 9. The number of ether oxygens (including phenoxy) is 1. The molecule has 0 aliphatic carbocycles. The van der Waals surface area contributed by atoms with Crippen LogP contribution in [0.4, 0.5) is 11.5 Å². The van der Waals surface area contributed by atoms with Crippen LogP contribution in [0, 0.1) is 0 Å². The summed E-state index contributed by atoms with van der Waals surface area (Å²) < 4.78 is 5.26. The molecular weight excluding hydrogens is 582 g/mol. The van der Waals surface area contributed by atoms with E-state index in [1.54, 1.807) is 18.3 Å². The number of pyridine rings is 1. The van der Waals surface area contributed by atoms with Gasteiger partial charge in [0.15, 0.2) is 0 Å². The molecule has 242 valence electrons. The first-order chi connectivity index (χ1) is 22.2. The Labute approximate surface area is 270 Å². The van der Waals surface area contributed by atoms with Gasteiger partial charge in [0.1, 0.15) is 11.6 Å². The summed E-state index contributed by atoms with van der Waals surface area (Å²) in [7, 11) is 3.60. The van der Waals surface area contributed by atoms with Crippen molar-refractivity contribution in [3.8, 4) is 5.75 Å². The summed E-state index contributed by atoms with van der Waals surface area (Å²) in [6.45, 7) is 6.16. The van der Waals surface area contributed by atoms with Gasteiger partial charge in [-0.25, -0.2) is 4.98 Å². The molecule has 3 saturated heterocycles. The maximum atomic E-state index is 13.1. The van der Waals surface area contributed by atoms with Crippen LogP contribution in [0.1, 0.15) is 75.3 Å². The second kappa shape index (κ2) is 13.4. The van der Waals surface area contributed by atoms with Crippen LogP contribution in [0.2, 0.25) is 0 Å². The van der Waals surface area contributed by atoms with Gasteiger partial charge in [0.25, 0.3) is 17.7 Å². The molecule has 3 fully saturated rings. The van der Waals surface area contributed by atoms with Crippen LogP contribution in [0.25, 0.3) is 0 Å². The number of nitrogens with zero attached hydrogens (tertiary/aromatic N) is 4. The summed E-state index contributed by atoms with van der Waals surface area (Å²) in [5.41, 5.74) is 8.86. The molecule has 3 aliphatic rings. The monoisotopic (exact) mass is 625 g/mol. The second-order valence-corrected chi connectivity index (χ2v) is 12.7. The number of nitrogens with two attached hydrogens (primary N) is 1. The van der Waals surface area contributed by atoms with Gasteiger partial charge in [-0.15, -0.1) is 0 Å². The number of piperidine rings is 1. The van der Waals surface area contributed by atoms with E-state index in [0.717, 1.165) is 63.2 Å². The number of hydrogen-bond acceptors (Lipinski definition) is 8. The minimum absolute atomic E-state index is 0.0187. The maximum Gasteiger partial charge on any atom is 0.253 e. The zero-order valence-corrected chi connectivity index (χ0v) is 26.7. The number of nitrogens with one attached hydrogen (secondary N) is 2. The topological polar surface area (TPSA) is 133 Å². The fraction of sp³-hybridized carbons (Fsp3) is 0.429. The highest BCUT2D eigenvalue weighted by Crippen LogP contribution is 2.38. The van der Waals surface area contributed by atoms with Crippen LogP contribution >= 0.6 is 0 Å². The number of anilines is 2. The Morgan fingerprint density at radius 1 is 0.913 bits per heavy atom. The van der Waals surface area contributed by atoms with Crippen LogP contribution in [-0.2, 0) is 0 Å². The molecule has 3 amide bonds. The fourth-order valence-electron chi connectivity index (χ4n) is 7.05. The first kappa shape index (κ1) is 31.3. The number of piperazine rings is 1. The van der Waals surface area contributed by atoms with Gasteiger partial charge >= 0.3 is 0 Å². The zero-order chi connectivity index (χ0) is 32.4. The summed E-state index contributed by atoms with van der Waals surface area (Å²) in [4.78, 5) is 49.6. The van der Waals surface area contributed by atoms with E-state index in [1.807, 2.05) is 19.1 Å². The molecule has 2 unspecified atom stereocenters. The van der Waals surface area contributed by atoms with Crippen LogP contribution in [0.5, 0.6) is 5.75 Å². The van der Waals surface area contributed by atoms with Crippen LogP contribution in [-0.4, -0.2) is 86.1 Å². The van der Waals surface area contributed by atoms with Crippen LogP contribution in [0.15, 0.2) is 60.8 Å². The number of carbonyl (C=O) groups is 3. The van der Waals surface area contributed by atoms with Gasteiger partial charge in [-0.1, -0.05) is 12.1 Å². The van der Waals surface area contributed by atoms with Crippen molar-refractivity contribution in [1.29, 1.82) is 0 Å². The molecule has 4 N–H and O–H groups in total.